The van der Waals surface area contributed by atoms with Crippen LogP contribution in [0.5, 0.6) is 0 Å². The second-order valence-corrected chi connectivity index (χ2v) is 4.75. The number of hydrogen-bond acceptors (Lipinski definition) is 3. The van der Waals surface area contributed by atoms with Crippen LogP contribution in [0, 0.1) is 0 Å². The van der Waals surface area contributed by atoms with Crippen LogP contribution in [0.4, 0.5) is 0 Å². The predicted octanol–water partition coefficient (Wildman–Crippen LogP) is 0.985. The third-order valence-corrected chi connectivity index (χ3v) is 3.79. The van der Waals surface area contributed by atoms with Gasteiger partial charge in [0.15, 0.2) is 5.82 Å². The number of nitrogens with one attached hydrogen (secondary N) is 1. The highest BCUT2D eigenvalue weighted by Gasteiger charge is 2.41. The molecule has 3 heterocycles. The van der Waals surface area contributed by atoms with Gasteiger partial charge < -0.3 is 5.32 Å². The van der Waals surface area contributed by atoms with E-state index in [-0.39, 0.29) is 0 Å². The van der Waals surface area contributed by atoms with Crippen LogP contribution in [0.15, 0.2) is 0 Å². The maximum atomic E-state index is 4.64. The first-order chi connectivity index (χ1) is 7.28. The largest absolute Gasteiger partial charge is 0.310 e. The predicted molar refractivity (Wildman–Crippen MR) is 57.7 cm³/mol. The summed E-state index contributed by atoms with van der Waals surface area (Å²) in [5.74, 6) is 2.77. The molecule has 3 rings (SSSR count). The first kappa shape index (κ1) is 9.33. The Morgan fingerprint density at radius 3 is 2.87 bits per heavy atom. The summed E-state index contributed by atoms with van der Waals surface area (Å²) in [6, 6.07) is 1.39. The highest BCUT2D eigenvalue weighted by atomic mass is 15.3. The maximum Gasteiger partial charge on any atom is 0.150 e. The minimum Gasteiger partial charge on any atom is -0.310 e. The van der Waals surface area contributed by atoms with Gasteiger partial charge in [-0.15, -0.1) is 0 Å². The fourth-order valence-corrected chi connectivity index (χ4v) is 3.03. The summed E-state index contributed by atoms with van der Waals surface area (Å²) in [4.78, 5) is 4.64. The molecular formula is C11H18N4. The van der Waals surface area contributed by atoms with Gasteiger partial charge in [0, 0.05) is 31.5 Å². The molecule has 15 heavy (non-hydrogen) atoms. The van der Waals surface area contributed by atoms with E-state index < -0.39 is 0 Å². The van der Waals surface area contributed by atoms with Crippen LogP contribution in [0.1, 0.15) is 43.8 Å². The third-order valence-electron chi connectivity index (χ3n) is 3.79. The quantitative estimate of drug-likeness (QED) is 0.784. The van der Waals surface area contributed by atoms with Gasteiger partial charge in [-0.1, -0.05) is 6.92 Å². The van der Waals surface area contributed by atoms with E-state index in [1.165, 1.54) is 25.1 Å². The zero-order valence-corrected chi connectivity index (χ0v) is 9.40. The van der Waals surface area contributed by atoms with Crippen molar-refractivity contribution in [1.29, 1.82) is 0 Å². The molecule has 0 aliphatic carbocycles. The van der Waals surface area contributed by atoms with E-state index in [1.54, 1.807) is 0 Å². The molecule has 3 unspecified atom stereocenters. The molecule has 0 aromatic carbocycles. The van der Waals surface area contributed by atoms with Crippen molar-refractivity contribution >= 4 is 0 Å². The second-order valence-electron chi connectivity index (χ2n) is 4.75. The monoisotopic (exact) mass is 206 g/mol. The fourth-order valence-electron chi connectivity index (χ4n) is 3.03. The SMILES string of the molecule is CCc1nc(C2CC3CCC2N3)n(C)n1. The number of rotatable bonds is 2. The summed E-state index contributed by atoms with van der Waals surface area (Å²) in [7, 11) is 2.02. The van der Waals surface area contributed by atoms with Crippen molar-refractivity contribution in [2.75, 3.05) is 0 Å². The summed E-state index contributed by atoms with van der Waals surface area (Å²) in [6.45, 7) is 2.11. The first-order valence-corrected chi connectivity index (χ1v) is 5.93. The number of fused-ring (bicyclic) bond motifs is 2. The molecule has 0 spiro atoms. The number of aromatic nitrogens is 3. The van der Waals surface area contributed by atoms with Crippen LogP contribution in [-0.4, -0.2) is 26.8 Å². The molecule has 2 saturated heterocycles. The van der Waals surface area contributed by atoms with E-state index in [2.05, 4.69) is 22.3 Å². The van der Waals surface area contributed by atoms with Crippen LogP contribution in [0.3, 0.4) is 0 Å². The van der Waals surface area contributed by atoms with E-state index in [4.69, 9.17) is 0 Å². The minimum atomic E-state index is 0.599. The van der Waals surface area contributed by atoms with E-state index in [0.29, 0.717) is 12.0 Å². The van der Waals surface area contributed by atoms with Crippen molar-refractivity contribution in [3.8, 4) is 0 Å². The lowest BCUT2D eigenvalue weighted by atomic mass is 9.88. The standard InChI is InChI=1S/C11H18N4/c1-3-10-13-11(15(2)14-10)8-6-7-4-5-9(8)12-7/h7-9,12H,3-6H2,1-2H3. The molecular weight excluding hydrogens is 188 g/mol. The Hall–Kier alpha value is -0.900. The Kier molecular flexibility index (Phi) is 2.06. The molecule has 0 saturated carbocycles. The van der Waals surface area contributed by atoms with Crippen molar-refractivity contribution in [1.82, 2.24) is 20.1 Å². The molecule has 82 valence electrons. The smallest absolute Gasteiger partial charge is 0.150 e. The molecule has 0 amide bonds. The van der Waals surface area contributed by atoms with Crippen LogP contribution >= 0.6 is 0 Å². The Morgan fingerprint density at radius 2 is 2.33 bits per heavy atom. The number of nitrogens with zero attached hydrogens (tertiary/aromatic N) is 3. The Labute approximate surface area is 90.1 Å². The van der Waals surface area contributed by atoms with Crippen LogP contribution in [-0.2, 0) is 13.5 Å². The van der Waals surface area contributed by atoms with Crippen molar-refractivity contribution < 1.29 is 0 Å². The van der Waals surface area contributed by atoms with Gasteiger partial charge in [0.1, 0.15) is 5.82 Å². The summed E-state index contributed by atoms with van der Waals surface area (Å²) in [5.41, 5.74) is 0. The normalized spacial score (nSPS) is 33.9. The average Bonchev–Trinajstić information content (AvgIpc) is 2.90. The summed E-state index contributed by atoms with van der Waals surface area (Å²) in [6.07, 6.45) is 4.84. The fraction of sp³-hybridized carbons (Fsp3) is 0.818. The number of aryl methyl sites for hydroxylation is 2. The van der Waals surface area contributed by atoms with Gasteiger partial charge in [0.2, 0.25) is 0 Å². The molecule has 1 N–H and O–H groups in total. The van der Waals surface area contributed by atoms with Gasteiger partial charge in [0.25, 0.3) is 0 Å². The summed E-state index contributed by atoms with van der Waals surface area (Å²) >= 11 is 0. The van der Waals surface area contributed by atoms with Crippen LogP contribution < -0.4 is 5.32 Å². The lowest BCUT2D eigenvalue weighted by Crippen LogP contribution is -2.23. The second kappa shape index (κ2) is 3.30. The van der Waals surface area contributed by atoms with Gasteiger partial charge >= 0.3 is 0 Å². The first-order valence-electron chi connectivity index (χ1n) is 5.93. The highest BCUT2D eigenvalue weighted by molar-refractivity contribution is 5.12. The Balaban J connectivity index is 1.89. The van der Waals surface area contributed by atoms with Crippen LogP contribution in [0.25, 0.3) is 0 Å². The lowest BCUT2D eigenvalue weighted by molar-refractivity contribution is 0.469. The molecule has 4 nitrogen and oxygen atoms in total. The maximum absolute atomic E-state index is 4.64. The van der Waals surface area contributed by atoms with Crippen LogP contribution in [0.2, 0.25) is 0 Å². The molecule has 2 aliphatic rings. The lowest BCUT2D eigenvalue weighted by Gasteiger charge is -2.18. The summed E-state index contributed by atoms with van der Waals surface area (Å²) in [5, 5.41) is 8.08. The van der Waals surface area contributed by atoms with Crippen molar-refractivity contribution in [3.05, 3.63) is 11.6 Å². The van der Waals surface area contributed by atoms with E-state index >= 15 is 0 Å². The highest BCUT2D eigenvalue weighted by Crippen LogP contribution is 2.38. The third kappa shape index (κ3) is 1.39. The Morgan fingerprint density at radius 1 is 1.47 bits per heavy atom. The van der Waals surface area contributed by atoms with Crippen molar-refractivity contribution in [3.63, 3.8) is 0 Å². The van der Waals surface area contributed by atoms with Gasteiger partial charge in [-0.25, -0.2) is 4.98 Å². The molecule has 1 aromatic rings. The molecule has 2 fully saturated rings. The van der Waals surface area contributed by atoms with E-state index in [9.17, 15) is 0 Å². The molecule has 4 heteroatoms. The van der Waals surface area contributed by atoms with Gasteiger partial charge in [-0.3, -0.25) is 4.68 Å². The molecule has 2 bridgehead atoms. The van der Waals surface area contributed by atoms with Gasteiger partial charge in [0.05, 0.1) is 0 Å². The molecule has 0 radical (unpaired) electrons. The minimum absolute atomic E-state index is 0.599. The zero-order valence-electron chi connectivity index (χ0n) is 9.40. The van der Waals surface area contributed by atoms with E-state index in [1.807, 2.05) is 11.7 Å². The van der Waals surface area contributed by atoms with Crippen molar-refractivity contribution in [2.24, 2.45) is 7.05 Å². The molecule has 2 aliphatic heterocycles. The summed E-state index contributed by atoms with van der Waals surface area (Å²) < 4.78 is 1.98. The molecule has 1 aromatic heterocycles. The molecule has 3 atom stereocenters. The zero-order chi connectivity index (χ0) is 10.4. The van der Waals surface area contributed by atoms with E-state index in [0.717, 1.165) is 18.3 Å². The van der Waals surface area contributed by atoms with Gasteiger partial charge in [-0.05, 0) is 19.3 Å². The number of hydrogen-bond donors (Lipinski definition) is 1. The topological polar surface area (TPSA) is 42.7 Å². The Bertz CT molecular complexity index is 371. The van der Waals surface area contributed by atoms with Gasteiger partial charge in [-0.2, -0.15) is 5.10 Å². The average molecular weight is 206 g/mol. The van der Waals surface area contributed by atoms with Crippen molar-refractivity contribution in [2.45, 2.75) is 50.6 Å².